The maximum Gasteiger partial charge on any atom is 0.135 e. The highest BCUT2D eigenvalue weighted by atomic mass is 16.3. The Kier molecular flexibility index (Phi) is 6.41. The number of aromatic nitrogens is 3. The lowest BCUT2D eigenvalue weighted by Crippen LogP contribution is -1.96. The molecule has 0 N–H and O–H groups in total. The molecule has 0 fully saturated rings. The standard InChI is InChI=1S/C54H33N3O/c1-3-13-34(14-4-1)35-23-26-47-43(31-35)53-49(55(47)36-15-5-2-6-16-36)28-29-50-54(53)44-33-37(56-45-20-10-7-17-39(45)40-18-8-11-21-46(40)56)24-27-48(44)57(50)38-25-30-52-42(32-38)41-19-9-12-22-51(41)58-52/h1-33H. The predicted octanol–water partition coefficient (Wildman–Crippen LogP) is 14.5. The van der Waals surface area contributed by atoms with Gasteiger partial charge in [0.2, 0.25) is 0 Å². The van der Waals surface area contributed by atoms with E-state index in [0.29, 0.717) is 0 Å². The van der Waals surface area contributed by atoms with Crippen LogP contribution in [0.1, 0.15) is 0 Å². The average Bonchev–Trinajstić information content (AvgIpc) is 4.02. The Morgan fingerprint density at radius 1 is 0.259 bits per heavy atom. The van der Waals surface area contributed by atoms with E-state index in [1.165, 1.54) is 65.5 Å². The summed E-state index contributed by atoms with van der Waals surface area (Å²) in [6, 6.07) is 72.6. The highest BCUT2D eigenvalue weighted by Crippen LogP contribution is 2.45. The quantitative estimate of drug-likeness (QED) is 0.177. The second-order valence-electron chi connectivity index (χ2n) is 15.3. The van der Waals surface area contributed by atoms with Crippen LogP contribution in [-0.4, -0.2) is 13.7 Å². The summed E-state index contributed by atoms with van der Waals surface area (Å²) in [5, 5.41) is 9.64. The summed E-state index contributed by atoms with van der Waals surface area (Å²) in [4.78, 5) is 0. The third kappa shape index (κ3) is 4.34. The van der Waals surface area contributed by atoms with Gasteiger partial charge in [0.1, 0.15) is 11.2 Å². The van der Waals surface area contributed by atoms with E-state index in [9.17, 15) is 0 Å². The van der Waals surface area contributed by atoms with Crippen LogP contribution < -0.4 is 0 Å². The summed E-state index contributed by atoms with van der Waals surface area (Å²) in [5.74, 6) is 0. The van der Waals surface area contributed by atoms with E-state index in [-0.39, 0.29) is 0 Å². The van der Waals surface area contributed by atoms with E-state index in [0.717, 1.165) is 50.0 Å². The zero-order valence-electron chi connectivity index (χ0n) is 31.3. The van der Waals surface area contributed by atoms with E-state index in [4.69, 9.17) is 4.42 Å². The molecule has 0 radical (unpaired) electrons. The first-order chi connectivity index (χ1) is 28.8. The molecule has 0 atom stereocenters. The fraction of sp³-hybridized carbons (Fsp3) is 0. The maximum absolute atomic E-state index is 6.31. The van der Waals surface area contributed by atoms with Crippen LogP contribution in [0.5, 0.6) is 0 Å². The van der Waals surface area contributed by atoms with Gasteiger partial charge in [-0.25, -0.2) is 0 Å². The van der Waals surface area contributed by atoms with Gasteiger partial charge in [-0.15, -0.1) is 0 Å². The Balaban J connectivity index is 1.20. The summed E-state index contributed by atoms with van der Waals surface area (Å²) in [7, 11) is 0. The van der Waals surface area contributed by atoms with Crippen LogP contribution in [0.2, 0.25) is 0 Å². The van der Waals surface area contributed by atoms with Gasteiger partial charge in [-0.05, 0) is 102 Å². The third-order valence-electron chi connectivity index (χ3n) is 12.2. The van der Waals surface area contributed by atoms with Gasteiger partial charge in [0.05, 0.1) is 33.1 Å². The Bertz CT molecular complexity index is 3730. The zero-order valence-corrected chi connectivity index (χ0v) is 31.3. The second-order valence-corrected chi connectivity index (χ2v) is 15.3. The van der Waals surface area contributed by atoms with E-state index in [1.54, 1.807) is 0 Å². The molecule has 270 valence electrons. The maximum atomic E-state index is 6.31. The van der Waals surface area contributed by atoms with Crippen LogP contribution in [0.15, 0.2) is 205 Å². The van der Waals surface area contributed by atoms with Crippen LogP contribution in [0.4, 0.5) is 0 Å². The van der Waals surface area contributed by atoms with Crippen molar-refractivity contribution in [2.24, 2.45) is 0 Å². The molecule has 13 rings (SSSR count). The molecule has 4 nitrogen and oxygen atoms in total. The van der Waals surface area contributed by atoms with Crippen LogP contribution in [0.3, 0.4) is 0 Å². The van der Waals surface area contributed by atoms with Crippen molar-refractivity contribution < 1.29 is 4.42 Å². The predicted molar refractivity (Wildman–Crippen MR) is 242 cm³/mol. The van der Waals surface area contributed by atoms with Crippen molar-refractivity contribution in [1.29, 1.82) is 0 Å². The highest BCUT2D eigenvalue weighted by Gasteiger charge is 2.23. The fourth-order valence-corrected chi connectivity index (χ4v) is 9.75. The summed E-state index contributed by atoms with van der Waals surface area (Å²) in [6.07, 6.45) is 0. The monoisotopic (exact) mass is 739 g/mol. The summed E-state index contributed by atoms with van der Waals surface area (Å²) < 4.78 is 13.6. The molecule has 0 aliphatic carbocycles. The molecular formula is C54H33N3O. The molecule has 0 saturated heterocycles. The van der Waals surface area contributed by atoms with E-state index >= 15 is 0 Å². The van der Waals surface area contributed by atoms with E-state index < -0.39 is 0 Å². The Hall–Kier alpha value is -7.82. The molecule has 0 unspecified atom stereocenters. The minimum absolute atomic E-state index is 0.890. The zero-order chi connectivity index (χ0) is 37.9. The van der Waals surface area contributed by atoms with Crippen LogP contribution >= 0.6 is 0 Å². The Labute approximate surface area is 332 Å². The minimum Gasteiger partial charge on any atom is -0.456 e. The number of fused-ring (bicyclic) bond motifs is 13. The van der Waals surface area contributed by atoms with Gasteiger partial charge < -0.3 is 18.1 Å². The number of rotatable bonds is 4. The molecule has 0 amide bonds. The smallest absolute Gasteiger partial charge is 0.135 e. The molecule has 0 bridgehead atoms. The molecule has 13 aromatic rings. The molecule has 0 aliphatic rings. The lowest BCUT2D eigenvalue weighted by Gasteiger charge is -2.10. The number of hydrogen-bond acceptors (Lipinski definition) is 1. The summed E-state index contributed by atoms with van der Waals surface area (Å²) in [6.45, 7) is 0. The second kappa shape index (κ2) is 11.8. The van der Waals surface area contributed by atoms with Crippen molar-refractivity contribution in [2.75, 3.05) is 0 Å². The largest absolute Gasteiger partial charge is 0.456 e. The minimum atomic E-state index is 0.890. The molecule has 4 aromatic heterocycles. The van der Waals surface area contributed by atoms with Crippen molar-refractivity contribution in [1.82, 2.24) is 13.7 Å². The van der Waals surface area contributed by atoms with Crippen LogP contribution in [0, 0.1) is 0 Å². The average molecular weight is 740 g/mol. The lowest BCUT2D eigenvalue weighted by atomic mass is 10.0. The van der Waals surface area contributed by atoms with Gasteiger partial charge in [0, 0.05) is 60.2 Å². The molecule has 0 aliphatic heterocycles. The van der Waals surface area contributed by atoms with Crippen LogP contribution in [-0.2, 0) is 0 Å². The van der Waals surface area contributed by atoms with Crippen molar-refractivity contribution in [3.05, 3.63) is 200 Å². The topological polar surface area (TPSA) is 27.9 Å². The normalized spacial score (nSPS) is 12.1. The van der Waals surface area contributed by atoms with E-state index in [2.05, 4.69) is 208 Å². The Morgan fingerprint density at radius 2 is 0.724 bits per heavy atom. The number of nitrogens with zero attached hydrogens (tertiary/aromatic N) is 3. The van der Waals surface area contributed by atoms with Gasteiger partial charge in [-0.2, -0.15) is 0 Å². The Morgan fingerprint density at radius 3 is 1.43 bits per heavy atom. The molecule has 0 spiro atoms. The van der Waals surface area contributed by atoms with Gasteiger partial charge in [-0.3, -0.25) is 0 Å². The summed E-state index contributed by atoms with van der Waals surface area (Å²) in [5.41, 5.74) is 14.6. The molecule has 0 saturated carbocycles. The number of para-hydroxylation sites is 4. The summed E-state index contributed by atoms with van der Waals surface area (Å²) >= 11 is 0. The van der Waals surface area contributed by atoms with Crippen LogP contribution in [0.25, 0.3) is 116 Å². The van der Waals surface area contributed by atoms with E-state index in [1.807, 2.05) is 6.07 Å². The first kappa shape index (κ1) is 31.4. The SMILES string of the molecule is c1ccc(-c2ccc3c(c2)c2c4c5cc(-n6c7ccccc7c7ccccc76)ccc5n(-c5ccc6oc7ccccc7c6c5)c4ccc2n3-c2ccccc2)cc1. The molecule has 9 aromatic carbocycles. The fourth-order valence-electron chi connectivity index (χ4n) is 9.75. The first-order valence-corrected chi connectivity index (χ1v) is 19.8. The van der Waals surface area contributed by atoms with Crippen molar-refractivity contribution in [3.8, 4) is 28.2 Å². The molecular weight excluding hydrogens is 707 g/mol. The number of hydrogen-bond donors (Lipinski definition) is 0. The lowest BCUT2D eigenvalue weighted by molar-refractivity contribution is 0.669. The number of benzene rings is 9. The highest BCUT2D eigenvalue weighted by molar-refractivity contribution is 6.29. The third-order valence-corrected chi connectivity index (χ3v) is 12.2. The van der Waals surface area contributed by atoms with Crippen molar-refractivity contribution >= 4 is 87.4 Å². The molecule has 58 heavy (non-hydrogen) atoms. The van der Waals surface area contributed by atoms with Gasteiger partial charge in [0.25, 0.3) is 0 Å². The van der Waals surface area contributed by atoms with Gasteiger partial charge in [-0.1, -0.05) is 109 Å². The molecule has 4 heteroatoms. The number of furan rings is 1. The van der Waals surface area contributed by atoms with Crippen molar-refractivity contribution in [3.63, 3.8) is 0 Å². The van der Waals surface area contributed by atoms with Gasteiger partial charge in [0.15, 0.2) is 0 Å². The molecule has 4 heterocycles. The van der Waals surface area contributed by atoms with Gasteiger partial charge >= 0.3 is 0 Å². The van der Waals surface area contributed by atoms with Crippen molar-refractivity contribution in [2.45, 2.75) is 0 Å². The first-order valence-electron chi connectivity index (χ1n) is 19.8.